The molecule has 19 nitrogen and oxygen atoms in total. The van der Waals surface area contributed by atoms with E-state index >= 15 is 0 Å². The number of carbonyl (C=O) groups is 1. The van der Waals surface area contributed by atoms with Crippen LogP contribution in [0.15, 0.2) is 78.5 Å². The third-order valence-corrected chi connectivity index (χ3v) is 9.02. The molecular formula is C23H16ClN9Na3O10S3+. The van der Waals surface area contributed by atoms with Crippen LogP contribution in [0.4, 0.5) is 29.0 Å². The SMILES string of the molecule is CC1=NN(c2cc(S(=O)(=O)[O-])c3cccc(S(=O)(=O)[O-])c3c2)C(=O)C1N=Nc1cc(Nc2nc(N)nc(Cl)n2)ccc1S(=O)(=O)O.[Na+].[Na+].[Na+]. The van der Waals surface area contributed by atoms with E-state index in [0.29, 0.717) is 5.01 Å². The number of halogens is 1. The Labute approximate surface area is 349 Å². The van der Waals surface area contributed by atoms with Crippen LogP contribution < -0.4 is 105 Å². The standard InChI is InChI=1S/C23H18ClN9O10S3.3Na/c1-10-19(31-30-15-7-11(5-6-17(15)45(38,39)40)26-23-28-21(24)27-22(25)29-23)20(34)33(32-10)12-8-14-13(18(9-12)46(41,42)43)3-2-4-16(14)44(35,36)37;;;/h2-9,19H,1H3,(H,35,36,37)(H,38,39,40)(H,41,42,43)(H3,25,26,27,28,29);;;/q;3*+1/p-2. The fraction of sp³-hybridized carbons (Fsp3) is 0.0870. The number of carbonyl (C=O) groups excluding carboxylic acids is 1. The molecule has 26 heteroatoms. The Kier molecular flexibility index (Phi) is 14.5. The van der Waals surface area contributed by atoms with Crippen molar-refractivity contribution in [1.29, 1.82) is 0 Å². The summed E-state index contributed by atoms with van der Waals surface area (Å²) in [7, 11) is -15.3. The van der Waals surface area contributed by atoms with Gasteiger partial charge in [0, 0.05) is 16.5 Å². The number of amides is 1. The number of nitrogens with one attached hydrogen (secondary N) is 1. The molecule has 240 valence electrons. The fourth-order valence-electron chi connectivity index (χ4n) is 4.29. The molecule has 0 fully saturated rings. The van der Waals surface area contributed by atoms with E-state index in [-0.39, 0.29) is 123 Å². The van der Waals surface area contributed by atoms with Crippen LogP contribution in [0, 0.1) is 0 Å². The summed E-state index contributed by atoms with van der Waals surface area (Å²) in [6.07, 6.45) is 0. The van der Waals surface area contributed by atoms with Gasteiger partial charge in [0.1, 0.15) is 30.8 Å². The summed E-state index contributed by atoms with van der Waals surface area (Å²) in [5, 5.41) is 13.9. The van der Waals surface area contributed by atoms with Gasteiger partial charge in [-0.15, -0.1) is 0 Å². The Morgan fingerprint density at radius 2 is 1.55 bits per heavy atom. The number of hydrogen-bond donors (Lipinski definition) is 3. The first-order chi connectivity index (χ1) is 21.3. The molecular weight excluding hydrogens is 763 g/mol. The molecule has 0 saturated heterocycles. The number of hydrazone groups is 1. The zero-order valence-electron chi connectivity index (χ0n) is 25.6. The predicted octanol–water partition coefficient (Wildman–Crippen LogP) is -7.05. The number of nitrogens with two attached hydrogens (primary N) is 1. The quantitative estimate of drug-likeness (QED) is 0.0851. The summed E-state index contributed by atoms with van der Waals surface area (Å²) in [4.78, 5) is 22.1. The minimum atomic E-state index is -5.27. The normalized spacial score (nSPS) is 15.0. The van der Waals surface area contributed by atoms with Crippen molar-refractivity contribution < 1.29 is 132 Å². The van der Waals surface area contributed by atoms with Crippen LogP contribution in [0.1, 0.15) is 6.92 Å². The smallest absolute Gasteiger partial charge is 0.744 e. The van der Waals surface area contributed by atoms with Gasteiger partial charge in [-0.25, -0.2) is 16.8 Å². The van der Waals surface area contributed by atoms with Crippen molar-refractivity contribution in [3.05, 3.63) is 53.8 Å². The molecule has 1 amide bonds. The maximum absolute atomic E-state index is 13.4. The summed E-state index contributed by atoms with van der Waals surface area (Å²) in [6.45, 7) is 1.32. The summed E-state index contributed by atoms with van der Waals surface area (Å²) in [5.74, 6) is -1.35. The fourth-order valence-corrected chi connectivity index (χ4v) is 6.46. The number of hydrogen-bond acceptors (Lipinski definition) is 17. The molecule has 1 aromatic heterocycles. The van der Waals surface area contributed by atoms with Crippen LogP contribution in [-0.4, -0.2) is 71.5 Å². The second kappa shape index (κ2) is 16.3. The van der Waals surface area contributed by atoms with Crippen LogP contribution >= 0.6 is 11.6 Å². The van der Waals surface area contributed by atoms with Crippen molar-refractivity contribution >= 4 is 93.3 Å². The van der Waals surface area contributed by atoms with Crippen LogP contribution in [0.2, 0.25) is 5.28 Å². The average molecular weight is 779 g/mol. The maximum Gasteiger partial charge on any atom is 1.00 e. The van der Waals surface area contributed by atoms with E-state index in [1.807, 2.05) is 0 Å². The summed E-state index contributed by atoms with van der Waals surface area (Å²) >= 11 is 5.76. The third kappa shape index (κ3) is 9.79. The number of fused-ring (bicyclic) bond motifs is 1. The molecule has 4 N–H and O–H groups in total. The molecule has 1 unspecified atom stereocenters. The van der Waals surface area contributed by atoms with E-state index in [2.05, 4.69) is 35.6 Å². The van der Waals surface area contributed by atoms with E-state index in [0.717, 1.165) is 42.5 Å². The van der Waals surface area contributed by atoms with Crippen molar-refractivity contribution in [3.63, 3.8) is 0 Å². The number of azo groups is 1. The Morgan fingerprint density at radius 1 is 0.898 bits per heavy atom. The van der Waals surface area contributed by atoms with Gasteiger partial charge in [0.05, 0.1) is 21.2 Å². The van der Waals surface area contributed by atoms with E-state index in [1.165, 1.54) is 13.0 Å². The molecule has 1 atom stereocenters. The first-order valence-electron chi connectivity index (χ1n) is 12.2. The van der Waals surface area contributed by atoms with Crippen LogP contribution in [-0.2, 0) is 35.1 Å². The monoisotopic (exact) mass is 778 g/mol. The molecule has 1 aliphatic heterocycles. The molecule has 4 aromatic rings. The third-order valence-electron chi connectivity index (χ3n) is 6.18. The summed E-state index contributed by atoms with van der Waals surface area (Å²) in [5.41, 5.74) is 4.73. The molecule has 2 heterocycles. The van der Waals surface area contributed by atoms with E-state index in [1.54, 1.807) is 0 Å². The molecule has 5 rings (SSSR count). The van der Waals surface area contributed by atoms with Gasteiger partial charge >= 0.3 is 88.7 Å². The average Bonchev–Trinajstić information content (AvgIpc) is 3.21. The molecule has 0 spiro atoms. The van der Waals surface area contributed by atoms with E-state index < -0.39 is 73.8 Å². The van der Waals surface area contributed by atoms with Crippen LogP contribution in [0.3, 0.4) is 0 Å². The Balaban J connectivity index is 0.00000278. The Bertz CT molecular complexity index is 2350. The molecule has 3 aromatic carbocycles. The molecule has 0 aliphatic carbocycles. The van der Waals surface area contributed by atoms with E-state index in [9.17, 15) is 43.7 Å². The number of benzene rings is 3. The van der Waals surface area contributed by atoms with Gasteiger partial charge in [-0.05, 0) is 54.9 Å². The topological polar surface area (TPSA) is 303 Å². The van der Waals surface area contributed by atoms with Crippen molar-refractivity contribution in [1.82, 2.24) is 15.0 Å². The number of nitrogens with zero attached hydrogens (tertiary/aromatic N) is 7. The van der Waals surface area contributed by atoms with Gasteiger partial charge in [0.15, 0.2) is 6.04 Å². The second-order valence-corrected chi connectivity index (χ2v) is 13.7. The summed E-state index contributed by atoms with van der Waals surface area (Å²) in [6, 6.07) is 6.55. The Hall–Kier alpha value is -1.71. The Morgan fingerprint density at radius 3 is 2.14 bits per heavy atom. The largest absolute Gasteiger partial charge is 1.00 e. The zero-order valence-corrected chi connectivity index (χ0v) is 34.8. The van der Waals surface area contributed by atoms with Gasteiger partial charge in [0.2, 0.25) is 17.2 Å². The molecule has 49 heavy (non-hydrogen) atoms. The minimum absolute atomic E-state index is 0. The van der Waals surface area contributed by atoms with Crippen LogP contribution in [0.5, 0.6) is 0 Å². The van der Waals surface area contributed by atoms with E-state index in [4.69, 9.17) is 17.3 Å². The number of aromatic nitrogens is 3. The van der Waals surface area contributed by atoms with Gasteiger partial charge in [-0.3, -0.25) is 9.35 Å². The maximum atomic E-state index is 13.4. The number of nitrogen functional groups attached to an aromatic ring is 1. The van der Waals surface area contributed by atoms with Crippen molar-refractivity contribution in [3.8, 4) is 0 Å². The zero-order chi connectivity index (χ0) is 33.8. The van der Waals surface area contributed by atoms with Crippen molar-refractivity contribution in [2.24, 2.45) is 15.3 Å². The van der Waals surface area contributed by atoms with Crippen molar-refractivity contribution in [2.45, 2.75) is 27.7 Å². The molecule has 0 radical (unpaired) electrons. The van der Waals surface area contributed by atoms with Crippen LogP contribution in [0.25, 0.3) is 10.8 Å². The van der Waals surface area contributed by atoms with Crippen molar-refractivity contribution in [2.75, 3.05) is 16.1 Å². The number of anilines is 4. The van der Waals surface area contributed by atoms with Gasteiger partial charge < -0.3 is 20.2 Å². The first kappa shape index (κ1) is 43.5. The molecule has 0 bridgehead atoms. The van der Waals surface area contributed by atoms with Gasteiger partial charge in [0.25, 0.3) is 16.0 Å². The predicted molar refractivity (Wildman–Crippen MR) is 158 cm³/mol. The van der Waals surface area contributed by atoms with Gasteiger partial charge in [-0.1, -0.05) is 12.1 Å². The second-order valence-electron chi connectivity index (χ2n) is 9.28. The molecule has 0 saturated carbocycles. The number of rotatable bonds is 8. The van der Waals surface area contributed by atoms with Gasteiger partial charge in [-0.2, -0.15) is 43.7 Å². The minimum Gasteiger partial charge on any atom is -0.744 e. The first-order valence-corrected chi connectivity index (χ1v) is 16.8. The molecule has 1 aliphatic rings. The summed E-state index contributed by atoms with van der Waals surface area (Å²) < 4.78 is 106.